The Balaban J connectivity index is 0.000000128. The second-order valence-corrected chi connectivity index (χ2v) is 8.67. The molecule has 0 aromatic heterocycles. The highest BCUT2D eigenvalue weighted by atomic mass is 16.5. The summed E-state index contributed by atoms with van der Waals surface area (Å²) in [5, 5.41) is 0. The van der Waals surface area contributed by atoms with Crippen molar-refractivity contribution in [1.29, 1.82) is 0 Å². The van der Waals surface area contributed by atoms with Gasteiger partial charge in [-0.3, -0.25) is 9.59 Å². The van der Waals surface area contributed by atoms with Crippen molar-refractivity contribution >= 4 is 11.6 Å². The maximum Gasteiger partial charge on any atom is 0.170 e. The number of rotatable bonds is 1. The van der Waals surface area contributed by atoms with Gasteiger partial charge in [-0.25, -0.2) is 0 Å². The summed E-state index contributed by atoms with van der Waals surface area (Å²) in [6.45, 7) is 0. The first-order valence-corrected chi connectivity index (χ1v) is 11.4. The fourth-order valence-corrected chi connectivity index (χ4v) is 4.83. The summed E-state index contributed by atoms with van der Waals surface area (Å²) in [5.74, 6) is 1.76. The molecule has 2 atom stereocenters. The van der Waals surface area contributed by atoms with Gasteiger partial charge < -0.3 is 9.47 Å². The lowest BCUT2D eigenvalue weighted by molar-refractivity contribution is 0.0842. The molecule has 166 valence electrons. The Morgan fingerprint density at radius 2 is 1.18 bits per heavy atom. The number of ether oxygens (including phenoxy) is 2. The van der Waals surface area contributed by atoms with E-state index < -0.39 is 0 Å². The van der Waals surface area contributed by atoms with Crippen molar-refractivity contribution in [1.82, 2.24) is 0 Å². The molecule has 4 heteroatoms. The Hall–Kier alpha value is -4.18. The number of carbonyl (C=O) groups excluding carboxylic acids is 2. The Morgan fingerprint density at radius 3 is 2.00 bits per heavy atom. The van der Waals surface area contributed by atoms with Gasteiger partial charge in [-0.15, -0.1) is 0 Å². The van der Waals surface area contributed by atoms with Crippen molar-refractivity contribution < 1.29 is 19.1 Å². The Bertz CT molecular complexity index is 1400. The van der Waals surface area contributed by atoms with Crippen LogP contribution < -0.4 is 9.47 Å². The van der Waals surface area contributed by atoms with Crippen molar-refractivity contribution in [3.05, 3.63) is 119 Å². The molecular formula is C30H22O4. The molecule has 0 saturated carbocycles. The zero-order valence-electron chi connectivity index (χ0n) is 18.4. The lowest BCUT2D eigenvalue weighted by Gasteiger charge is -2.25. The van der Waals surface area contributed by atoms with Gasteiger partial charge in [-0.1, -0.05) is 72.8 Å². The average Bonchev–Trinajstić information content (AvgIpc) is 2.93. The topological polar surface area (TPSA) is 52.6 Å². The van der Waals surface area contributed by atoms with E-state index in [1.165, 1.54) is 5.56 Å². The van der Waals surface area contributed by atoms with E-state index in [9.17, 15) is 9.59 Å². The molecule has 4 aromatic carbocycles. The fraction of sp³-hybridized carbons (Fsp3) is 0.133. The number of hydrogen-bond donors (Lipinski definition) is 0. The van der Waals surface area contributed by atoms with Gasteiger partial charge in [0, 0.05) is 5.56 Å². The van der Waals surface area contributed by atoms with E-state index in [1.807, 2.05) is 91.0 Å². The first kappa shape index (κ1) is 20.4. The SMILES string of the molecule is O=C1C[C@H](c2ccccc2)Oc2ccccc21.O=C1C[C@H]2Oc3cc(ccc31)-c1ccccc12. The van der Waals surface area contributed by atoms with Crippen molar-refractivity contribution in [2.45, 2.75) is 25.0 Å². The van der Waals surface area contributed by atoms with Crippen LogP contribution in [0.4, 0.5) is 0 Å². The first-order valence-electron chi connectivity index (χ1n) is 11.4. The van der Waals surface area contributed by atoms with Crippen LogP contribution >= 0.6 is 0 Å². The molecule has 0 amide bonds. The van der Waals surface area contributed by atoms with E-state index in [1.54, 1.807) is 0 Å². The van der Waals surface area contributed by atoms with Gasteiger partial charge in [0.05, 0.1) is 24.0 Å². The lowest BCUT2D eigenvalue weighted by Crippen LogP contribution is -2.20. The van der Waals surface area contributed by atoms with Crippen LogP contribution in [0.5, 0.6) is 11.5 Å². The second kappa shape index (κ2) is 8.31. The summed E-state index contributed by atoms with van der Waals surface area (Å²) in [6, 6.07) is 31.3. The molecule has 0 spiro atoms. The number of carbonyl (C=O) groups is 2. The largest absolute Gasteiger partial charge is 0.484 e. The molecule has 3 aliphatic rings. The van der Waals surface area contributed by atoms with Crippen LogP contribution in [0.15, 0.2) is 97.1 Å². The highest BCUT2D eigenvalue weighted by Gasteiger charge is 2.32. The summed E-state index contributed by atoms with van der Waals surface area (Å²) in [6.07, 6.45) is 0.590. The molecule has 0 unspecified atom stereocenters. The Morgan fingerprint density at radius 1 is 0.559 bits per heavy atom. The van der Waals surface area contributed by atoms with E-state index in [0.717, 1.165) is 28.0 Å². The predicted octanol–water partition coefficient (Wildman–Crippen LogP) is 6.77. The molecule has 0 aliphatic carbocycles. The standard InChI is InChI=1S/C15H10O2.C15H12O2/c16-13-8-15-11-4-2-1-3-10(11)9-5-6-12(13)14(7-9)17-15;16-13-10-15(11-6-2-1-3-7-11)17-14-9-5-4-8-12(13)14/h1-7,15H,8H2;1-9,15H,10H2/t2*15-/m11/s1. The number of hydrogen-bond acceptors (Lipinski definition) is 4. The molecule has 0 saturated heterocycles. The van der Waals surface area contributed by atoms with Crippen LogP contribution in [0.1, 0.15) is 56.9 Å². The molecule has 3 heterocycles. The third kappa shape index (κ3) is 3.57. The van der Waals surface area contributed by atoms with Crippen molar-refractivity contribution in [3.8, 4) is 22.6 Å². The zero-order chi connectivity index (χ0) is 23.1. The van der Waals surface area contributed by atoms with Gasteiger partial charge >= 0.3 is 0 Å². The number of Topliss-reactive ketones (excluding diaryl/α,β-unsaturated/α-hetero) is 2. The smallest absolute Gasteiger partial charge is 0.170 e. The van der Waals surface area contributed by atoms with Crippen LogP contribution in [0.2, 0.25) is 0 Å². The van der Waals surface area contributed by atoms with E-state index in [4.69, 9.17) is 9.47 Å². The minimum atomic E-state index is -0.154. The fourth-order valence-electron chi connectivity index (χ4n) is 4.83. The highest BCUT2D eigenvalue weighted by molar-refractivity contribution is 6.01. The van der Waals surface area contributed by atoms with Gasteiger partial charge in [-0.2, -0.15) is 0 Å². The molecular weight excluding hydrogens is 424 g/mol. The molecule has 34 heavy (non-hydrogen) atoms. The molecule has 0 fully saturated rings. The first-order chi connectivity index (χ1) is 16.7. The number of para-hydroxylation sites is 1. The molecule has 0 N–H and O–H groups in total. The zero-order valence-corrected chi connectivity index (χ0v) is 18.4. The molecule has 3 bridgehead atoms. The summed E-state index contributed by atoms with van der Waals surface area (Å²) in [5.41, 5.74) is 5.90. The molecule has 0 radical (unpaired) electrons. The lowest BCUT2D eigenvalue weighted by atomic mass is 9.96. The van der Waals surface area contributed by atoms with Crippen LogP contribution in [-0.4, -0.2) is 11.6 Å². The van der Waals surface area contributed by atoms with Gasteiger partial charge in [0.25, 0.3) is 0 Å². The normalized spacial score (nSPS) is 18.9. The quantitative estimate of drug-likeness (QED) is 0.324. The average molecular weight is 447 g/mol. The van der Waals surface area contributed by atoms with E-state index in [-0.39, 0.29) is 23.8 Å². The Kier molecular flexibility index (Phi) is 4.99. The summed E-state index contributed by atoms with van der Waals surface area (Å²) in [7, 11) is 0. The molecule has 4 aromatic rings. The minimum Gasteiger partial charge on any atom is -0.484 e. The predicted molar refractivity (Wildman–Crippen MR) is 129 cm³/mol. The van der Waals surface area contributed by atoms with Gasteiger partial charge in [0.2, 0.25) is 0 Å². The third-order valence-electron chi connectivity index (χ3n) is 6.54. The van der Waals surface area contributed by atoms with Crippen molar-refractivity contribution in [2.75, 3.05) is 0 Å². The highest BCUT2D eigenvalue weighted by Crippen LogP contribution is 2.43. The van der Waals surface area contributed by atoms with Gasteiger partial charge in [0.1, 0.15) is 23.7 Å². The van der Waals surface area contributed by atoms with Crippen molar-refractivity contribution in [2.24, 2.45) is 0 Å². The van der Waals surface area contributed by atoms with Crippen LogP contribution in [0.25, 0.3) is 11.1 Å². The summed E-state index contributed by atoms with van der Waals surface area (Å²) in [4.78, 5) is 24.0. The number of fused-ring (bicyclic) bond motifs is 6. The Labute approximate surface area is 197 Å². The monoisotopic (exact) mass is 446 g/mol. The summed E-state index contributed by atoms with van der Waals surface area (Å²) >= 11 is 0. The van der Waals surface area contributed by atoms with Crippen molar-refractivity contribution in [3.63, 3.8) is 0 Å². The van der Waals surface area contributed by atoms with Crippen LogP contribution in [0.3, 0.4) is 0 Å². The van der Waals surface area contributed by atoms with Gasteiger partial charge in [0.15, 0.2) is 11.6 Å². The molecule has 4 nitrogen and oxygen atoms in total. The van der Waals surface area contributed by atoms with E-state index >= 15 is 0 Å². The maximum absolute atomic E-state index is 12.0. The van der Waals surface area contributed by atoms with Crippen LogP contribution in [0, 0.1) is 0 Å². The van der Waals surface area contributed by atoms with Crippen LogP contribution in [-0.2, 0) is 0 Å². The van der Waals surface area contributed by atoms with Gasteiger partial charge in [-0.05, 0) is 41.0 Å². The number of ketones is 2. The van der Waals surface area contributed by atoms with E-state index in [2.05, 4.69) is 6.07 Å². The molecule has 3 aliphatic heterocycles. The third-order valence-corrected chi connectivity index (χ3v) is 6.54. The second-order valence-electron chi connectivity index (χ2n) is 8.67. The minimum absolute atomic E-state index is 0.119. The molecule has 7 rings (SSSR count). The maximum atomic E-state index is 12.0. The van der Waals surface area contributed by atoms with E-state index in [0.29, 0.717) is 24.2 Å². The number of benzene rings is 4. The summed E-state index contributed by atoms with van der Waals surface area (Å²) < 4.78 is 11.8.